The van der Waals surface area contributed by atoms with E-state index in [9.17, 15) is 9.59 Å². The first-order chi connectivity index (χ1) is 12.8. The number of nitrogens with one attached hydrogen (secondary N) is 1. The second-order valence-corrected chi connectivity index (χ2v) is 9.28. The van der Waals surface area contributed by atoms with E-state index in [1.165, 1.54) is 23.1 Å². The third-order valence-electron chi connectivity index (χ3n) is 3.92. The predicted octanol–water partition coefficient (Wildman–Crippen LogP) is 4.33. The lowest BCUT2D eigenvalue weighted by molar-refractivity contribution is -0.128. The Hall–Kier alpha value is -2.25. The summed E-state index contributed by atoms with van der Waals surface area (Å²) in [6.07, 6.45) is 1.72. The summed E-state index contributed by atoms with van der Waals surface area (Å²) in [5.74, 6) is 0.346. The van der Waals surface area contributed by atoms with Crippen molar-refractivity contribution in [2.75, 3.05) is 5.75 Å². The Kier molecular flexibility index (Phi) is 5.92. The Morgan fingerprint density at radius 1 is 1.15 bits per heavy atom. The minimum absolute atomic E-state index is 0.00568. The van der Waals surface area contributed by atoms with E-state index >= 15 is 0 Å². The van der Waals surface area contributed by atoms with E-state index in [1.807, 2.05) is 57.2 Å². The Bertz CT molecular complexity index is 971. The van der Waals surface area contributed by atoms with Gasteiger partial charge in [0, 0.05) is 21.1 Å². The molecule has 1 amide bonds. The summed E-state index contributed by atoms with van der Waals surface area (Å²) in [6, 6.07) is 11.6. The number of Topliss-reactive ketones (excluding diaryl/α,β-unsaturated/α-hetero) is 1. The molecule has 5 nitrogen and oxygen atoms in total. The van der Waals surface area contributed by atoms with Crippen LogP contribution in [0.25, 0.3) is 10.8 Å². The number of amides is 1. The van der Waals surface area contributed by atoms with Crippen LogP contribution in [0.15, 0.2) is 47.6 Å². The van der Waals surface area contributed by atoms with Crippen LogP contribution in [0.2, 0.25) is 0 Å². The normalized spacial score (nSPS) is 11.5. The van der Waals surface area contributed by atoms with Crippen molar-refractivity contribution in [3.05, 3.63) is 52.3 Å². The zero-order chi connectivity index (χ0) is 19.4. The van der Waals surface area contributed by atoms with Gasteiger partial charge in [0.2, 0.25) is 5.91 Å². The van der Waals surface area contributed by atoms with Crippen LogP contribution in [-0.2, 0) is 11.3 Å². The smallest absolute Gasteiger partial charge is 0.225 e. The maximum atomic E-state index is 12.5. The van der Waals surface area contributed by atoms with Crippen molar-refractivity contribution < 1.29 is 9.59 Å². The van der Waals surface area contributed by atoms with Crippen molar-refractivity contribution in [1.29, 1.82) is 0 Å². The number of thiophene rings is 1. The quantitative estimate of drug-likeness (QED) is 0.493. The lowest BCUT2D eigenvalue weighted by Crippen LogP contribution is -2.34. The third-order valence-corrected chi connectivity index (χ3v) is 6.03. The molecule has 0 aliphatic carbocycles. The summed E-state index contributed by atoms with van der Waals surface area (Å²) < 4.78 is 0. The summed E-state index contributed by atoms with van der Waals surface area (Å²) in [7, 11) is 0. The molecule has 0 aliphatic heterocycles. The lowest BCUT2D eigenvalue weighted by Gasteiger charge is -2.17. The highest BCUT2D eigenvalue weighted by molar-refractivity contribution is 8.00. The average Bonchev–Trinajstić information content (AvgIpc) is 3.12. The lowest BCUT2D eigenvalue weighted by atomic mass is 9.96. The van der Waals surface area contributed by atoms with Gasteiger partial charge in [0.1, 0.15) is 5.03 Å². The average molecular weight is 400 g/mol. The maximum Gasteiger partial charge on any atom is 0.225 e. The Labute approximate surface area is 166 Å². The molecule has 3 aromatic rings. The van der Waals surface area contributed by atoms with Gasteiger partial charge in [-0.1, -0.05) is 56.8 Å². The summed E-state index contributed by atoms with van der Waals surface area (Å²) in [5, 5.41) is 13.9. The molecule has 1 N–H and O–H groups in total. The van der Waals surface area contributed by atoms with E-state index in [0.29, 0.717) is 17.2 Å². The fourth-order valence-corrected chi connectivity index (χ4v) is 4.21. The van der Waals surface area contributed by atoms with Crippen molar-refractivity contribution in [2.45, 2.75) is 32.3 Å². The molecule has 140 valence electrons. The molecule has 0 saturated carbocycles. The van der Waals surface area contributed by atoms with Gasteiger partial charge in [0.05, 0.1) is 23.4 Å². The molecule has 0 spiro atoms. The highest BCUT2D eigenvalue weighted by atomic mass is 32.2. The molecule has 2 heterocycles. The number of hydrogen-bond acceptors (Lipinski definition) is 6. The maximum absolute atomic E-state index is 12.5. The van der Waals surface area contributed by atoms with Gasteiger partial charge in [0.15, 0.2) is 5.78 Å². The minimum Gasteiger partial charge on any atom is -0.351 e. The highest BCUT2D eigenvalue weighted by Gasteiger charge is 2.21. The second-order valence-electron chi connectivity index (χ2n) is 7.15. The van der Waals surface area contributed by atoms with Gasteiger partial charge >= 0.3 is 0 Å². The van der Waals surface area contributed by atoms with E-state index in [4.69, 9.17) is 0 Å². The van der Waals surface area contributed by atoms with Gasteiger partial charge in [-0.25, -0.2) is 0 Å². The van der Waals surface area contributed by atoms with Gasteiger partial charge in [0.25, 0.3) is 0 Å². The van der Waals surface area contributed by atoms with Crippen molar-refractivity contribution >= 4 is 45.6 Å². The van der Waals surface area contributed by atoms with Crippen LogP contribution in [0.1, 0.15) is 35.3 Å². The topological polar surface area (TPSA) is 72.0 Å². The van der Waals surface area contributed by atoms with E-state index in [0.717, 1.165) is 20.7 Å². The number of ketones is 1. The Balaban J connectivity index is 1.60. The van der Waals surface area contributed by atoms with Crippen molar-refractivity contribution in [3.8, 4) is 0 Å². The van der Waals surface area contributed by atoms with Crippen LogP contribution in [0, 0.1) is 5.41 Å². The van der Waals surface area contributed by atoms with E-state index in [1.54, 1.807) is 6.20 Å². The van der Waals surface area contributed by atoms with Crippen LogP contribution in [-0.4, -0.2) is 27.6 Å². The molecule has 0 radical (unpaired) electrons. The molecule has 3 rings (SSSR count). The van der Waals surface area contributed by atoms with E-state index < -0.39 is 5.41 Å². The number of benzene rings is 1. The highest BCUT2D eigenvalue weighted by Crippen LogP contribution is 2.26. The van der Waals surface area contributed by atoms with Crippen molar-refractivity contribution in [1.82, 2.24) is 15.5 Å². The summed E-state index contributed by atoms with van der Waals surface area (Å²) >= 11 is 2.82. The molecule has 0 aliphatic rings. The number of rotatable bonds is 6. The van der Waals surface area contributed by atoms with Crippen molar-refractivity contribution in [3.63, 3.8) is 0 Å². The number of carbonyl (C=O) groups is 2. The van der Waals surface area contributed by atoms with Gasteiger partial charge in [-0.2, -0.15) is 5.10 Å². The fraction of sp³-hybridized carbons (Fsp3) is 0.300. The van der Waals surface area contributed by atoms with Crippen LogP contribution in [0.5, 0.6) is 0 Å². The summed E-state index contributed by atoms with van der Waals surface area (Å²) in [4.78, 5) is 26.1. The van der Waals surface area contributed by atoms with E-state index in [2.05, 4.69) is 15.5 Å². The zero-order valence-electron chi connectivity index (χ0n) is 15.5. The summed E-state index contributed by atoms with van der Waals surface area (Å²) in [5.41, 5.74) is -0.425. The first-order valence-corrected chi connectivity index (χ1v) is 10.4. The van der Waals surface area contributed by atoms with Gasteiger partial charge in [-0.15, -0.1) is 16.4 Å². The number of aromatic nitrogens is 2. The number of nitrogens with zero attached hydrogens (tertiary/aromatic N) is 2. The molecular formula is C20H21N3O2S2. The first-order valence-electron chi connectivity index (χ1n) is 8.58. The number of carbonyl (C=O) groups excluding carboxylic acids is 2. The van der Waals surface area contributed by atoms with Crippen molar-refractivity contribution in [2.24, 2.45) is 5.41 Å². The van der Waals surface area contributed by atoms with Crippen LogP contribution < -0.4 is 5.32 Å². The first kappa shape index (κ1) is 19.5. The number of hydrogen-bond donors (Lipinski definition) is 1. The van der Waals surface area contributed by atoms with Crippen LogP contribution >= 0.6 is 23.1 Å². The Morgan fingerprint density at radius 3 is 2.70 bits per heavy atom. The molecule has 2 aromatic heterocycles. The second kappa shape index (κ2) is 8.19. The summed E-state index contributed by atoms with van der Waals surface area (Å²) in [6.45, 7) is 6.06. The predicted molar refractivity (Wildman–Crippen MR) is 110 cm³/mol. The fourth-order valence-electron chi connectivity index (χ4n) is 2.37. The van der Waals surface area contributed by atoms with Crippen LogP contribution in [0.4, 0.5) is 0 Å². The third kappa shape index (κ3) is 4.93. The number of thioether (sulfide) groups is 1. The zero-order valence-corrected chi connectivity index (χ0v) is 17.1. The molecule has 0 fully saturated rings. The van der Waals surface area contributed by atoms with Gasteiger partial charge < -0.3 is 5.32 Å². The molecule has 27 heavy (non-hydrogen) atoms. The Morgan fingerprint density at radius 2 is 1.93 bits per heavy atom. The molecule has 0 unspecified atom stereocenters. The monoisotopic (exact) mass is 399 g/mol. The van der Waals surface area contributed by atoms with Gasteiger partial charge in [-0.05, 0) is 12.1 Å². The molecule has 7 heteroatoms. The molecule has 0 bridgehead atoms. The molecule has 0 atom stereocenters. The van der Waals surface area contributed by atoms with Crippen LogP contribution in [0.3, 0.4) is 0 Å². The molecular weight excluding hydrogens is 378 g/mol. The standard InChI is InChI=1S/C20H21N3O2S2/c1-20(2,3)19(25)21-11-14-8-9-17(27-14)16(24)12-26-18-15-7-5-4-6-13(15)10-22-23-18/h4-10H,11-12H2,1-3H3,(H,21,25). The molecule has 0 saturated heterocycles. The van der Waals surface area contributed by atoms with E-state index in [-0.39, 0.29) is 11.7 Å². The SMILES string of the molecule is CC(C)(C)C(=O)NCc1ccc(C(=O)CSc2nncc3ccccc23)s1. The largest absolute Gasteiger partial charge is 0.351 e. The molecule has 1 aromatic carbocycles. The number of fused-ring (bicyclic) bond motifs is 1. The van der Waals surface area contributed by atoms with Gasteiger partial charge in [-0.3, -0.25) is 9.59 Å². The minimum atomic E-state index is -0.425.